The van der Waals surface area contributed by atoms with E-state index in [1.54, 1.807) is 6.92 Å². The molecule has 2 heterocycles. The number of aryl methyl sites for hydroxylation is 2. The minimum absolute atomic E-state index is 0.582. The molecular weight excluding hydrogens is 216 g/mol. The monoisotopic (exact) mass is 228 g/mol. The highest BCUT2D eigenvalue weighted by molar-refractivity contribution is 5.75. The van der Waals surface area contributed by atoms with Gasteiger partial charge in [0.25, 0.3) is 0 Å². The first-order valence-electron chi connectivity index (χ1n) is 5.43. The van der Waals surface area contributed by atoms with Crippen LogP contribution in [0, 0.1) is 6.92 Å². The molecule has 0 amide bonds. The van der Waals surface area contributed by atoms with Crippen molar-refractivity contribution in [2.45, 2.75) is 13.3 Å². The third kappa shape index (κ3) is 1.69. The van der Waals surface area contributed by atoms with Gasteiger partial charge in [0.05, 0.1) is 17.5 Å². The first kappa shape index (κ1) is 10.0. The van der Waals surface area contributed by atoms with E-state index < -0.39 is 0 Å². The smallest absolute Gasteiger partial charge is 0.223 e. The molecule has 0 N–H and O–H groups in total. The van der Waals surface area contributed by atoms with Crippen LogP contribution in [-0.2, 0) is 13.5 Å². The normalized spacial score (nSPS) is 11.2. The first-order chi connectivity index (χ1) is 8.24. The van der Waals surface area contributed by atoms with Crippen LogP contribution in [0.4, 0.5) is 0 Å². The lowest BCUT2D eigenvalue weighted by atomic mass is 10.3. The van der Waals surface area contributed by atoms with Gasteiger partial charge in [-0.1, -0.05) is 17.3 Å². The number of hydrogen-bond acceptors (Lipinski definition) is 4. The minimum Gasteiger partial charge on any atom is -0.340 e. The molecule has 0 saturated carbocycles. The Bertz CT molecular complexity index is 668. The molecule has 0 radical (unpaired) electrons. The van der Waals surface area contributed by atoms with Crippen molar-refractivity contribution in [2.24, 2.45) is 7.05 Å². The highest BCUT2D eigenvalue weighted by atomic mass is 16.5. The van der Waals surface area contributed by atoms with Crippen LogP contribution in [0.3, 0.4) is 0 Å². The Hall–Kier alpha value is -2.17. The van der Waals surface area contributed by atoms with Gasteiger partial charge in [-0.25, -0.2) is 4.98 Å². The van der Waals surface area contributed by atoms with Gasteiger partial charge in [-0.05, 0) is 12.1 Å². The number of benzene rings is 1. The summed E-state index contributed by atoms with van der Waals surface area (Å²) in [6.07, 6.45) is 0.586. The summed E-state index contributed by atoms with van der Waals surface area (Å²) in [4.78, 5) is 8.74. The molecule has 17 heavy (non-hydrogen) atoms. The number of rotatable bonds is 2. The molecule has 0 atom stereocenters. The van der Waals surface area contributed by atoms with E-state index in [-0.39, 0.29) is 0 Å². The predicted octanol–water partition coefficient (Wildman–Crippen LogP) is 1.86. The number of hydrogen-bond donors (Lipinski definition) is 0. The van der Waals surface area contributed by atoms with Gasteiger partial charge in [0.15, 0.2) is 5.82 Å². The Morgan fingerprint density at radius 3 is 2.76 bits per heavy atom. The van der Waals surface area contributed by atoms with Gasteiger partial charge in [0.2, 0.25) is 5.89 Å². The summed E-state index contributed by atoms with van der Waals surface area (Å²) < 4.78 is 7.01. The molecule has 2 aromatic heterocycles. The Morgan fingerprint density at radius 1 is 1.24 bits per heavy atom. The van der Waals surface area contributed by atoms with Crippen molar-refractivity contribution >= 4 is 11.0 Å². The Balaban J connectivity index is 2.03. The summed E-state index contributed by atoms with van der Waals surface area (Å²) in [5, 5.41) is 3.88. The molecule has 0 unspecified atom stereocenters. The van der Waals surface area contributed by atoms with Gasteiger partial charge in [0.1, 0.15) is 5.82 Å². The van der Waals surface area contributed by atoms with Crippen molar-refractivity contribution in [3.8, 4) is 0 Å². The van der Waals surface area contributed by atoms with Crippen molar-refractivity contribution < 1.29 is 4.52 Å². The third-order valence-electron chi connectivity index (χ3n) is 2.77. The Kier molecular flexibility index (Phi) is 2.18. The highest BCUT2D eigenvalue weighted by Gasteiger charge is 2.10. The van der Waals surface area contributed by atoms with Gasteiger partial charge in [-0.3, -0.25) is 0 Å². The molecule has 3 rings (SSSR count). The molecule has 0 fully saturated rings. The molecule has 0 aliphatic carbocycles. The van der Waals surface area contributed by atoms with Crippen LogP contribution in [0.25, 0.3) is 11.0 Å². The van der Waals surface area contributed by atoms with E-state index in [0.717, 1.165) is 16.9 Å². The van der Waals surface area contributed by atoms with Crippen molar-refractivity contribution in [3.63, 3.8) is 0 Å². The zero-order valence-corrected chi connectivity index (χ0v) is 9.71. The lowest BCUT2D eigenvalue weighted by Gasteiger charge is -1.98. The Labute approximate surface area is 98.1 Å². The highest BCUT2D eigenvalue weighted by Crippen LogP contribution is 2.15. The van der Waals surface area contributed by atoms with E-state index in [4.69, 9.17) is 4.52 Å². The van der Waals surface area contributed by atoms with E-state index in [1.165, 1.54) is 0 Å². The fourth-order valence-corrected chi connectivity index (χ4v) is 1.91. The second-order valence-corrected chi connectivity index (χ2v) is 3.98. The van der Waals surface area contributed by atoms with Crippen molar-refractivity contribution in [1.82, 2.24) is 19.7 Å². The lowest BCUT2D eigenvalue weighted by Crippen LogP contribution is -2.00. The number of fused-ring (bicyclic) bond motifs is 1. The molecule has 0 aliphatic heterocycles. The second kappa shape index (κ2) is 3.69. The summed E-state index contributed by atoms with van der Waals surface area (Å²) in [7, 11) is 2.00. The number of aromatic nitrogens is 4. The summed E-state index contributed by atoms with van der Waals surface area (Å²) in [6, 6.07) is 8.04. The largest absolute Gasteiger partial charge is 0.340 e. The van der Waals surface area contributed by atoms with Gasteiger partial charge in [-0.2, -0.15) is 4.98 Å². The van der Waals surface area contributed by atoms with Crippen LogP contribution in [0.15, 0.2) is 28.8 Å². The van der Waals surface area contributed by atoms with Crippen molar-refractivity contribution in [1.29, 1.82) is 0 Å². The maximum Gasteiger partial charge on any atom is 0.223 e. The zero-order chi connectivity index (χ0) is 11.8. The van der Waals surface area contributed by atoms with Crippen LogP contribution in [0.1, 0.15) is 17.5 Å². The number of nitrogens with zero attached hydrogens (tertiary/aromatic N) is 4. The molecule has 0 spiro atoms. The van der Waals surface area contributed by atoms with Crippen LogP contribution >= 0.6 is 0 Å². The third-order valence-corrected chi connectivity index (χ3v) is 2.77. The van der Waals surface area contributed by atoms with Crippen molar-refractivity contribution in [2.75, 3.05) is 0 Å². The molecule has 0 saturated heterocycles. The van der Waals surface area contributed by atoms with E-state index >= 15 is 0 Å². The van der Waals surface area contributed by atoms with Crippen LogP contribution in [-0.4, -0.2) is 19.7 Å². The van der Waals surface area contributed by atoms with Gasteiger partial charge in [-0.15, -0.1) is 0 Å². The summed E-state index contributed by atoms with van der Waals surface area (Å²) in [6.45, 7) is 1.78. The van der Waals surface area contributed by atoms with Crippen molar-refractivity contribution in [3.05, 3.63) is 41.8 Å². The van der Waals surface area contributed by atoms with Gasteiger partial charge in [0, 0.05) is 14.0 Å². The summed E-state index contributed by atoms with van der Waals surface area (Å²) in [5.41, 5.74) is 2.10. The molecule has 0 bridgehead atoms. The molecule has 1 aromatic carbocycles. The zero-order valence-electron chi connectivity index (χ0n) is 9.71. The predicted molar refractivity (Wildman–Crippen MR) is 62.6 cm³/mol. The summed E-state index contributed by atoms with van der Waals surface area (Å²) in [5.74, 6) is 2.19. The fraction of sp³-hybridized carbons (Fsp3) is 0.250. The summed E-state index contributed by atoms with van der Waals surface area (Å²) >= 11 is 0. The van der Waals surface area contributed by atoms with E-state index in [9.17, 15) is 0 Å². The average Bonchev–Trinajstić information content (AvgIpc) is 2.86. The molecule has 86 valence electrons. The maximum absolute atomic E-state index is 4.95. The standard InChI is InChI=1S/C12H12N4O/c1-8-13-11(15-17-8)7-12-14-9-5-3-4-6-10(9)16(12)2/h3-6H,7H2,1-2H3. The SMILES string of the molecule is Cc1nc(Cc2nc3ccccc3n2C)no1. The number of para-hydroxylation sites is 2. The molecule has 0 aliphatic rings. The van der Waals surface area contributed by atoms with Gasteiger partial charge >= 0.3 is 0 Å². The first-order valence-corrected chi connectivity index (χ1v) is 5.43. The lowest BCUT2D eigenvalue weighted by molar-refractivity contribution is 0.388. The average molecular weight is 228 g/mol. The van der Waals surface area contributed by atoms with Crippen LogP contribution in [0.5, 0.6) is 0 Å². The molecule has 3 aromatic rings. The minimum atomic E-state index is 0.582. The molecular formula is C12H12N4O. The quantitative estimate of drug-likeness (QED) is 0.671. The van der Waals surface area contributed by atoms with E-state index in [2.05, 4.69) is 19.7 Å². The Morgan fingerprint density at radius 2 is 2.06 bits per heavy atom. The van der Waals surface area contributed by atoms with Crippen LogP contribution < -0.4 is 0 Å². The van der Waals surface area contributed by atoms with Crippen LogP contribution in [0.2, 0.25) is 0 Å². The van der Waals surface area contributed by atoms with E-state index in [0.29, 0.717) is 18.1 Å². The molecule has 5 heteroatoms. The van der Waals surface area contributed by atoms with E-state index in [1.807, 2.05) is 31.3 Å². The topological polar surface area (TPSA) is 56.7 Å². The maximum atomic E-state index is 4.95. The second-order valence-electron chi connectivity index (χ2n) is 3.98. The fourth-order valence-electron chi connectivity index (χ4n) is 1.91. The molecule has 5 nitrogen and oxygen atoms in total. The number of imidazole rings is 1. The van der Waals surface area contributed by atoms with Gasteiger partial charge < -0.3 is 9.09 Å².